The molecular weight excluding hydrogens is 529 g/mol. The Bertz CT molecular complexity index is 2080. The van der Waals surface area contributed by atoms with Gasteiger partial charge in [-0.2, -0.15) is 0 Å². The summed E-state index contributed by atoms with van der Waals surface area (Å²) in [4.78, 5) is 7.34. The van der Waals surface area contributed by atoms with Gasteiger partial charge in [-0.15, -0.1) is 11.3 Å². The van der Waals surface area contributed by atoms with Crippen LogP contribution in [0.25, 0.3) is 53.2 Å². The fraction of sp³-hybridized carbons (Fsp3) is 0. The number of fused-ring (bicyclic) bond motifs is 5. The topological polar surface area (TPSA) is 16.1 Å². The third kappa shape index (κ3) is 4.32. The fourth-order valence-corrected chi connectivity index (χ4v) is 6.96. The van der Waals surface area contributed by atoms with E-state index >= 15 is 0 Å². The molecule has 198 valence electrons. The van der Waals surface area contributed by atoms with E-state index in [1.54, 1.807) is 0 Å². The highest BCUT2D eigenvalue weighted by atomic mass is 32.1. The molecule has 2 aromatic heterocycles. The number of aromatic nitrogens is 1. The number of hydrogen-bond acceptors (Lipinski definition) is 3. The molecule has 0 aliphatic carbocycles. The molecule has 0 aliphatic rings. The first kappa shape index (κ1) is 24.5. The van der Waals surface area contributed by atoms with E-state index in [1.807, 2.05) is 11.3 Å². The van der Waals surface area contributed by atoms with Gasteiger partial charge >= 0.3 is 0 Å². The first-order valence-corrected chi connectivity index (χ1v) is 14.9. The maximum atomic E-state index is 5.08. The number of rotatable bonds is 5. The first-order chi connectivity index (χ1) is 20.8. The Hall–Kier alpha value is -5.25. The van der Waals surface area contributed by atoms with E-state index in [1.165, 1.54) is 53.2 Å². The average Bonchev–Trinajstić information content (AvgIpc) is 3.45. The zero-order valence-electron chi connectivity index (χ0n) is 22.8. The molecule has 3 heteroatoms. The summed E-state index contributed by atoms with van der Waals surface area (Å²) >= 11 is 1.83. The van der Waals surface area contributed by atoms with Gasteiger partial charge in [0.15, 0.2) is 0 Å². The molecule has 8 rings (SSSR count). The number of nitrogens with zero attached hydrogens (tertiary/aromatic N) is 2. The van der Waals surface area contributed by atoms with Crippen molar-refractivity contribution in [1.29, 1.82) is 0 Å². The second kappa shape index (κ2) is 10.3. The molecule has 0 radical (unpaired) electrons. The van der Waals surface area contributed by atoms with E-state index in [9.17, 15) is 0 Å². The molecule has 2 heterocycles. The molecule has 0 N–H and O–H groups in total. The molecule has 0 saturated carbocycles. The Morgan fingerprint density at radius 1 is 0.452 bits per heavy atom. The van der Waals surface area contributed by atoms with Crippen molar-refractivity contribution in [2.75, 3.05) is 4.90 Å². The summed E-state index contributed by atoms with van der Waals surface area (Å²) < 4.78 is 2.52. The van der Waals surface area contributed by atoms with Gasteiger partial charge in [-0.05, 0) is 69.4 Å². The smallest absolute Gasteiger partial charge is 0.138 e. The van der Waals surface area contributed by atoms with Crippen molar-refractivity contribution in [2.24, 2.45) is 0 Å². The van der Waals surface area contributed by atoms with E-state index < -0.39 is 0 Å². The molecule has 0 atom stereocenters. The van der Waals surface area contributed by atoms with Gasteiger partial charge in [-0.3, -0.25) is 4.90 Å². The standard InChI is InChI=1S/C39H26N2S/c1-3-9-27(10-4-1)29-15-20-32(21-16-29)41(33-22-17-30(18-23-33)28-11-5-2-6-12-28)38-25-37-35(26-40-38)39-34-14-8-7-13-31(34)19-24-36(39)42-37/h1-26H. The Labute approximate surface area is 248 Å². The second-order valence-electron chi connectivity index (χ2n) is 10.5. The molecule has 0 unspecified atom stereocenters. The highest BCUT2D eigenvalue weighted by molar-refractivity contribution is 7.26. The molecule has 0 fully saturated rings. The van der Waals surface area contributed by atoms with Crippen LogP contribution in [-0.2, 0) is 0 Å². The van der Waals surface area contributed by atoms with Gasteiger partial charge in [-0.1, -0.05) is 115 Å². The van der Waals surface area contributed by atoms with Crippen LogP contribution in [0, 0.1) is 0 Å². The third-order valence-corrected chi connectivity index (χ3v) is 9.04. The number of thiophene rings is 1. The van der Waals surface area contributed by atoms with Crippen LogP contribution in [-0.4, -0.2) is 4.98 Å². The molecule has 42 heavy (non-hydrogen) atoms. The minimum atomic E-state index is 0.901. The van der Waals surface area contributed by atoms with E-state index in [2.05, 4.69) is 163 Å². The third-order valence-electron chi connectivity index (χ3n) is 7.93. The van der Waals surface area contributed by atoms with Crippen LogP contribution in [0.4, 0.5) is 17.2 Å². The Morgan fingerprint density at radius 3 is 1.62 bits per heavy atom. The van der Waals surface area contributed by atoms with Gasteiger partial charge in [0, 0.05) is 37.7 Å². The summed E-state index contributed by atoms with van der Waals surface area (Å²) in [5.74, 6) is 0.901. The van der Waals surface area contributed by atoms with E-state index in [-0.39, 0.29) is 0 Å². The van der Waals surface area contributed by atoms with Crippen LogP contribution < -0.4 is 4.90 Å². The predicted molar refractivity (Wildman–Crippen MR) is 180 cm³/mol. The van der Waals surface area contributed by atoms with Gasteiger partial charge in [0.1, 0.15) is 5.82 Å². The van der Waals surface area contributed by atoms with E-state index in [0.29, 0.717) is 0 Å². The van der Waals surface area contributed by atoms with Gasteiger partial charge in [0.05, 0.1) is 0 Å². The zero-order valence-corrected chi connectivity index (χ0v) is 23.6. The number of pyridine rings is 1. The number of benzene rings is 6. The van der Waals surface area contributed by atoms with E-state index in [0.717, 1.165) is 17.2 Å². The Balaban J connectivity index is 1.26. The molecule has 0 amide bonds. The van der Waals surface area contributed by atoms with Crippen LogP contribution in [0.5, 0.6) is 0 Å². The lowest BCUT2D eigenvalue weighted by molar-refractivity contribution is 1.19. The zero-order chi connectivity index (χ0) is 27.9. The van der Waals surface area contributed by atoms with Crippen molar-refractivity contribution in [2.45, 2.75) is 0 Å². The average molecular weight is 555 g/mol. The lowest BCUT2D eigenvalue weighted by Crippen LogP contribution is -2.11. The minimum absolute atomic E-state index is 0.901. The van der Waals surface area contributed by atoms with Crippen LogP contribution in [0.3, 0.4) is 0 Å². The van der Waals surface area contributed by atoms with Gasteiger partial charge < -0.3 is 0 Å². The first-order valence-electron chi connectivity index (χ1n) is 14.1. The van der Waals surface area contributed by atoms with Crippen LogP contribution in [0.2, 0.25) is 0 Å². The Kier molecular flexibility index (Phi) is 6.02. The van der Waals surface area contributed by atoms with Gasteiger partial charge in [0.2, 0.25) is 0 Å². The van der Waals surface area contributed by atoms with Crippen LogP contribution in [0.15, 0.2) is 158 Å². The molecule has 0 bridgehead atoms. The van der Waals surface area contributed by atoms with E-state index in [4.69, 9.17) is 4.98 Å². The fourth-order valence-electron chi connectivity index (χ4n) is 5.83. The normalized spacial score (nSPS) is 11.3. The molecular formula is C39H26N2S. The maximum Gasteiger partial charge on any atom is 0.138 e. The summed E-state index contributed by atoms with van der Waals surface area (Å²) in [6.07, 6.45) is 2.06. The monoisotopic (exact) mass is 554 g/mol. The van der Waals surface area contributed by atoms with Crippen molar-refractivity contribution in [3.63, 3.8) is 0 Å². The molecule has 2 nitrogen and oxygen atoms in total. The molecule has 0 aliphatic heterocycles. The lowest BCUT2D eigenvalue weighted by atomic mass is 10.0. The van der Waals surface area contributed by atoms with Gasteiger partial charge in [-0.25, -0.2) is 4.98 Å². The molecule has 0 saturated heterocycles. The molecule has 8 aromatic rings. The largest absolute Gasteiger partial charge is 0.295 e. The summed E-state index contributed by atoms with van der Waals surface area (Å²) in [5, 5.41) is 5.03. The molecule has 6 aromatic carbocycles. The number of hydrogen-bond donors (Lipinski definition) is 0. The summed E-state index contributed by atoms with van der Waals surface area (Å²) in [7, 11) is 0. The van der Waals surface area contributed by atoms with Crippen molar-refractivity contribution in [3.05, 3.63) is 158 Å². The van der Waals surface area contributed by atoms with Crippen LogP contribution >= 0.6 is 11.3 Å². The summed E-state index contributed by atoms with van der Waals surface area (Å²) in [6, 6.07) is 53.9. The van der Waals surface area contributed by atoms with Crippen molar-refractivity contribution in [3.8, 4) is 22.3 Å². The second-order valence-corrected chi connectivity index (χ2v) is 11.5. The summed E-state index contributed by atoms with van der Waals surface area (Å²) in [6.45, 7) is 0. The van der Waals surface area contributed by atoms with Gasteiger partial charge in [0.25, 0.3) is 0 Å². The lowest BCUT2D eigenvalue weighted by Gasteiger charge is -2.25. The van der Waals surface area contributed by atoms with Crippen molar-refractivity contribution in [1.82, 2.24) is 4.98 Å². The maximum absolute atomic E-state index is 5.08. The van der Waals surface area contributed by atoms with Crippen LogP contribution in [0.1, 0.15) is 0 Å². The van der Waals surface area contributed by atoms with Crippen molar-refractivity contribution >= 4 is 59.5 Å². The quantitative estimate of drug-likeness (QED) is 0.210. The highest BCUT2D eigenvalue weighted by Crippen LogP contribution is 2.42. The summed E-state index contributed by atoms with van der Waals surface area (Å²) in [5.41, 5.74) is 6.94. The van der Waals surface area contributed by atoms with Crippen molar-refractivity contribution < 1.29 is 0 Å². The Morgan fingerprint density at radius 2 is 1.00 bits per heavy atom. The number of anilines is 3. The predicted octanol–water partition coefficient (Wildman–Crippen LogP) is 11.4. The minimum Gasteiger partial charge on any atom is -0.295 e. The SMILES string of the molecule is c1ccc(-c2ccc(N(c3ccc(-c4ccccc4)cc3)c3cc4sc5ccc6ccccc6c5c4cn3)cc2)cc1. The highest BCUT2D eigenvalue weighted by Gasteiger charge is 2.17. The molecule has 0 spiro atoms.